The van der Waals surface area contributed by atoms with Crippen LogP contribution in [0.3, 0.4) is 0 Å². The lowest BCUT2D eigenvalue weighted by Crippen LogP contribution is -2.14. The monoisotopic (exact) mass is 376 g/mol. The molecular formula is C23H24N2O3. The van der Waals surface area contributed by atoms with Gasteiger partial charge in [0.2, 0.25) is 0 Å². The summed E-state index contributed by atoms with van der Waals surface area (Å²) in [5.74, 6) is 0.649. The van der Waals surface area contributed by atoms with Crippen LogP contribution in [0.4, 0.5) is 11.4 Å². The second kappa shape index (κ2) is 8.95. The van der Waals surface area contributed by atoms with E-state index in [1.54, 1.807) is 18.2 Å². The summed E-state index contributed by atoms with van der Waals surface area (Å²) in [6, 6.07) is 21.2. The van der Waals surface area contributed by atoms with Crippen molar-refractivity contribution in [1.29, 1.82) is 0 Å². The number of rotatable bonds is 7. The fourth-order valence-electron chi connectivity index (χ4n) is 2.97. The number of hydrogen-bond donors (Lipinski definition) is 2. The van der Waals surface area contributed by atoms with E-state index in [-0.39, 0.29) is 5.91 Å². The van der Waals surface area contributed by atoms with Crippen molar-refractivity contribution in [2.45, 2.75) is 13.5 Å². The number of aryl methyl sites for hydroxylation is 1. The van der Waals surface area contributed by atoms with Gasteiger partial charge in [-0.1, -0.05) is 35.9 Å². The Labute approximate surface area is 165 Å². The molecule has 5 nitrogen and oxygen atoms in total. The quantitative estimate of drug-likeness (QED) is 0.617. The van der Waals surface area contributed by atoms with Crippen molar-refractivity contribution in [3.8, 4) is 11.5 Å². The Morgan fingerprint density at radius 3 is 2.07 bits per heavy atom. The third-order valence-electron chi connectivity index (χ3n) is 4.38. The first-order chi connectivity index (χ1) is 13.6. The Morgan fingerprint density at radius 2 is 1.46 bits per heavy atom. The first kappa shape index (κ1) is 19.3. The van der Waals surface area contributed by atoms with E-state index in [2.05, 4.69) is 41.8 Å². The van der Waals surface area contributed by atoms with E-state index in [0.29, 0.717) is 22.7 Å². The summed E-state index contributed by atoms with van der Waals surface area (Å²) in [7, 11) is 3.06. The molecule has 0 heterocycles. The van der Waals surface area contributed by atoms with Gasteiger partial charge in [0.15, 0.2) is 0 Å². The van der Waals surface area contributed by atoms with Crippen LogP contribution >= 0.6 is 0 Å². The van der Waals surface area contributed by atoms with Gasteiger partial charge in [0, 0.05) is 17.9 Å². The molecule has 0 aliphatic rings. The predicted molar refractivity (Wildman–Crippen MR) is 112 cm³/mol. The van der Waals surface area contributed by atoms with Gasteiger partial charge in [0.1, 0.15) is 17.1 Å². The summed E-state index contributed by atoms with van der Waals surface area (Å²) in [5.41, 5.74) is 4.51. The molecule has 3 rings (SSSR count). The molecule has 2 N–H and O–H groups in total. The summed E-state index contributed by atoms with van der Waals surface area (Å²) < 4.78 is 10.6. The van der Waals surface area contributed by atoms with E-state index >= 15 is 0 Å². The average Bonchev–Trinajstić information content (AvgIpc) is 2.72. The minimum Gasteiger partial charge on any atom is -0.496 e. The van der Waals surface area contributed by atoms with Crippen molar-refractivity contribution < 1.29 is 14.3 Å². The largest absolute Gasteiger partial charge is 0.496 e. The maximum absolute atomic E-state index is 12.7. The number of anilines is 2. The van der Waals surface area contributed by atoms with Gasteiger partial charge in [-0.2, -0.15) is 0 Å². The molecule has 3 aromatic carbocycles. The molecule has 5 heteroatoms. The average molecular weight is 376 g/mol. The molecule has 0 saturated heterocycles. The number of methoxy groups -OCH3 is 2. The summed E-state index contributed by atoms with van der Waals surface area (Å²) in [5, 5.41) is 6.27. The molecule has 0 fully saturated rings. The number of nitrogens with one attached hydrogen (secondary N) is 2. The SMILES string of the molecule is COc1cccc(OC)c1C(=O)Nc1ccc(NCc2cccc(C)c2)cc1. The Balaban J connectivity index is 1.67. The van der Waals surface area contributed by atoms with Crippen molar-refractivity contribution in [3.05, 3.63) is 83.4 Å². The summed E-state index contributed by atoms with van der Waals surface area (Å²) in [4.78, 5) is 12.7. The lowest BCUT2D eigenvalue weighted by molar-refractivity contribution is 0.102. The van der Waals surface area contributed by atoms with Crippen molar-refractivity contribution in [2.24, 2.45) is 0 Å². The number of hydrogen-bond acceptors (Lipinski definition) is 4. The molecule has 0 atom stereocenters. The van der Waals surface area contributed by atoms with Crippen molar-refractivity contribution in [2.75, 3.05) is 24.9 Å². The molecule has 0 saturated carbocycles. The number of ether oxygens (including phenoxy) is 2. The molecule has 144 valence electrons. The van der Waals surface area contributed by atoms with E-state index in [0.717, 1.165) is 12.2 Å². The maximum atomic E-state index is 12.7. The van der Waals surface area contributed by atoms with Crippen LogP contribution in [-0.2, 0) is 6.54 Å². The van der Waals surface area contributed by atoms with Crippen LogP contribution in [0.5, 0.6) is 11.5 Å². The molecule has 0 bridgehead atoms. The van der Waals surface area contributed by atoms with E-state index in [1.807, 2.05) is 24.3 Å². The van der Waals surface area contributed by atoms with Gasteiger partial charge < -0.3 is 20.1 Å². The summed E-state index contributed by atoms with van der Waals surface area (Å²) in [6.07, 6.45) is 0. The third-order valence-corrected chi connectivity index (χ3v) is 4.38. The van der Waals surface area contributed by atoms with E-state index < -0.39 is 0 Å². The molecule has 0 aromatic heterocycles. The van der Waals surface area contributed by atoms with Gasteiger partial charge in [-0.3, -0.25) is 4.79 Å². The molecule has 0 radical (unpaired) electrons. The van der Waals surface area contributed by atoms with Crippen LogP contribution in [0.25, 0.3) is 0 Å². The normalized spacial score (nSPS) is 10.2. The number of carbonyl (C=O) groups excluding carboxylic acids is 1. The lowest BCUT2D eigenvalue weighted by atomic mass is 10.1. The van der Waals surface area contributed by atoms with Crippen molar-refractivity contribution in [1.82, 2.24) is 0 Å². The first-order valence-electron chi connectivity index (χ1n) is 9.02. The fraction of sp³-hybridized carbons (Fsp3) is 0.174. The van der Waals surface area contributed by atoms with Gasteiger partial charge in [-0.25, -0.2) is 0 Å². The minimum atomic E-state index is -0.283. The zero-order chi connectivity index (χ0) is 19.9. The second-order valence-corrected chi connectivity index (χ2v) is 6.41. The van der Waals surface area contributed by atoms with Gasteiger partial charge in [-0.15, -0.1) is 0 Å². The summed E-state index contributed by atoms with van der Waals surface area (Å²) >= 11 is 0. The highest BCUT2D eigenvalue weighted by Gasteiger charge is 2.18. The Morgan fingerprint density at radius 1 is 0.857 bits per heavy atom. The predicted octanol–water partition coefficient (Wildman–Crippen LogP) is 4.88. The Kier molecular flexibility index (Phi) is 6.17. The third kappa shape index (κ3) is 4.62. The standard InChI is InChI=1S/C23H24N2O3/c1-16-6-4-7-17(14-16)15-24-18-10-12-19(13-11-18)25-23(26)22-20(27-2)8-5-9-21(22)28-3/h4-14,24H,15H2,1-3H3,(H,25,26). The zero-order valence-corrected chi connectivity index (χ0v) is 16.3. The van der Waals surface area contributed by atoms with Gasteiger partial charge in [0.25, 0.3) is 5.91 Å². The molecule has 28 heavy (non-hydrogen) atoms. The molecule has 0 unspecified atom stereocenters. The van der Waals surface area contributed by atoms with Crippen LogP contribution in [0.1, 0.15) is 21.5 Å². The smallest absolute Gasteiger partial charge is 0.263 e. The molecule has 1 amide bonds. The van der Waals surface area contributed by atoms with Crippen LogP contribution in [0.2, 0.25) is 0 Å². The van der Waals surface area contributed by atoms with Crippen LogP contribution in [0.15, 0.2) is 66.7 Å². The first-order valence-corrected chi connectivity index (χ1v) is 9.02. The number of benzene rings is 3. The summed E-state index contributed by atoms with van der Waals surface area (Å²) in [6.45, 7) is 2.82. The molecule has 0 aliphatic heterocycles. The number of carbonyl (C=O) groups is 1. The zero-order valence-electron chi connectivity index (χ0n) is 16.3. The lowest BCUT2D eigenvalue weighted by Gasteiger charge is -2.13. The molecule has 3 aromatic rings. The van der Waals surface area contributed by atoms with Gasteiger partial charge in [-0.05, 0) is 48.9 Å². The van der Waals surface area contributed by atoms with E-state index in [1.165, 1.54) is 25.3 Å². The topological polar surface area (TPSA) is 59.6 Å². The van der Waals surface area contributed by atoms with E-state index in [4.69, 9.17) is 9.47 Å². The fourth-order valence-corrected chi connectivity index (χ4v) is 2.97. The van der Waals surface area contributed by atoms with Crippen LogP contribution < -0.4 is 20.1 Å². The van der Waals surface area contributed by atoms with Gasteiger partial charge >= 0.3 is 0 Å². The number of amides is 1. The molecule has 0 spiro atoms. The Hall–Kier alpha value is -3.47. The van der Waals surface area contributed by atoms with Crippen molar-refractivity contribution in [3.63, 3.8) is 0 Å². The highest BCUT2D eigenvalue weighted by Crippen LogP contribution is 2.29. The highest BCUT2D eigenvalue weighted by atomic mass is 16.5. The van der Waals surface area contributed by atoms with Gasteiger partial charge in [0.05, 0.1) is 14.2 Å². The van der Waals surface area contributed by atoms with E-state index in [9.17, 15) is 4.79 Å². The Bertz CT molecular complexity index is 930. The molecular weight excluding hydrogens is 352 g/mol. The second-order valence-electron chi connectivity index (χ2n) is 6.41. The minimum absolute atomic E-state index is 0.283. The maximum Gasteiger partial charge on any atom is 0.263 e. The highest BCUT2D eigenvalue weighted by molar-refractivity contribution is 6.08. The van der Waals surface area contributed by atoms with Crippen LogP contribution in [-0.4, -0.2) is 20.1 Å². The van der Waals surface area contributed by atoms with Crippen molar-refractivity contribution >= 4 is 17.3 Å². The van der Waals surface area contributed by atoms with Crippen LogP contribution in [0, 0.1) is 6.92 Å². The molecule has 0 aliphatic carbocycles.